The molecule has 3 rings (SSSR count). The maximum Gasteiger partial charge on any atom is 0.329 e. The summed E-state index contributed by atoms with van der Waals surface area (Å²) in [6.45, 7) is -0.234. The summed E-state index contributed by atoms with van der Waals surface area (Å²) in [5.41, 5.74) is 3.57. The SMILES string of the molecule is COc1ccccc1NC(=O)C(=O)N/N=C\c1ccc(OCC(=O)Nc2ccc(F)cc2)cc1. The van der Waals surface area contributed by atoms with Gasteiger partial charge in [0, 0.05) is 5.69 Å². The number of ether oxygens (including phenoxy) is 2. The molecule has 174 valence electrons. The molecule has 0 aliphatic rings. The Labute approximate surface area is 194 Å². The van der Waals surface area contributed by atoms with E-state index in [1.165, 1.54) is 37.6 Å². The van der Waals surface area contributed by atoms with Crippen molar-refractivity contribution in [2.45, 2.75) is 0 Å². The molecule has 0 atom stereocenters. The quantitative estimate of drug-likeness (QED) is 0.269. The molecule has 0 aliphatic carbocycles. The van der Waals surface area contributed by atoms with Crippen LogP contribution in [0, 0.1) is 5.82 Å². The molecule has 9 nitrogen and oxygen atoms in total. The number of nitrogens with zero attached hydrogens (tertiary/aromatic N) is 1. The molecule has 0 saturated carbocycles. The number of carbonyl (C=O) groups is 3. The van der Waals surface area contributed by atoms with Crippen molar-refractivity contribution in [3.63, 3.8) is 0 Å². The summed E-state index contributed by atoms with van der Waals surface area (Å²) in [4.78, 5) is 35.9. The summed E-state index contributed by atoms with van der Waals surface area (Å²) < 4.78 is 23.4. The highest BCUT2D eigenvalue weighted by molar-refractivity contribution is 6.39. The maximum absolute atomic E-state index is 12.9. The first-order chi connectivity index (χ1) is 16.4. The predicted octanol–water partition coefficient (Wildman–Crippen LogP) is 2.94. The number of halogens is 1. The summed E-state index contributed by atoms with van der Waals surface area (Å²) in [5, 5.41) is 8.79. The van der Waals surface area contributed by atoms with Crippen molar-refractivity contribution in [1.29, 1.82) is 0 Å². The molecule has 0 unspecified atom stereocenters. The van der Waals surface area contributed by atoms with E-state index in [2.05, 4.69) is 21.2 Å². The second-order valence-corrected chi connectivity index (χ2v) is 6.77. The molecule has 3 amide bonds. The van der Waals surface area contributed by atoms with Crippen LogP contribution in [-0.4, -0.2) is 37.7 Å². The minimum Gasteiger partial charge on any atom is -0.495 e. The Morgan fingerprint density at radius 2 is 1.62 bits per heavy atom. The van der Waals surface area contributed by atoms with Crippen LogP contribution < -0.4 is 25.5 Å². The molecule has 10 heteroatoms. The summed E-state index contributed by atoms with van der Waals surface area (Å²) >= 11 is 0. The molecule has 0 bridgehead atoms. The van der Waals surface area contributed by atoms with Crippen LogP contribution in [-0.2, 0) is 14.4 Å². The van der Waals surface area contributed by atoms with Gasteiger partial charge in [-0.3, -0.25) is 14.4 Å². The highest BCUT2D eigenvalue weighted by atomic mass is 19.1. The van der Waals surface area contributed by atoms with Crippen molar-refractivity contribution >= 4 is 35.3 Å². The predicted molar refractivity (Wildman–Crippen MR) is 124 cm³/mol. The van der Waals surface area contributed by atoms with Crippen molar-refractivity contribution in [1.82, 2.24) is 5.43 Å². The van der Waals surface area contributed by atoms with Crippen LogP contribution in [0.15, 0.2) is 77.9 Å². The van der Waals surface area contributed by atoms with Crippen LogP contribution in [0.5, 0.6) is 11.5 Å². The van der Waals surface area contributed by atoms with E-state index in [4.69, 9.17) is 9.47 Å². The molecular formula is C24H21FN4O5. The standard InChI is InChI=1S/C24H21FN4O5/c1-33-21-5-3-2-4-20(21)28-23(31)24(32)29-26-14-16-6-12-19(13-7-16)34-15-22(30)27-18-10-8-17(25)9-11-18/h2-14H,15H2,1H3,(H,27,30)(H,28,31)(H,29,32)/b26-14-. The van der Waals surface area contributed by atoms with Gasteiger partial charge in [-0.2, -0.15) is 5.10 Å². The van der Waals surface area contributed by atoms with Crippen LogP contribution in [0.25, 0.3) is 0 Å². The van der Waals surface area contributed by atoms with Crippen LogP contribution in [0.3, 0.4) is 0 Å². The van der Waals surface area contributed by atoms with E-state index in [0.717, 1.165) is 0 Å². The zero-order valence-electron chi connectivity index (χ0n) is 18.1. The normalized spacial score (nSPS) is 10.4. The zero-order valence-corrected chi connectivity index (χ0v) is 18.1. The van der Waals surface area contributed by atoms with Gasteiger partial charge in [0.1, 0.15) is 17.3 Å². The van der Waals surface area contributed by atoms with Gasteiger partial charge in [0.2, 0.25) is 0 Å². The van der Waals surface area contributed by atoms with Crippen molar-refractivity contribution in [3.05, 3.63) is 84.2 Å². The Morgan fingerprint density at radius 3 is 2.32 bits per heavy atom. The van der Waals surface area contributed by atoms with Gasteiger partial charge in [0.05, 0.1) is 19.0 Å². The number of amides is 3. The maximum atomic E-state index is 12.9. The lowest BCUT2D eigenvalue weighted by atomic mass is 10.2. The summed E-state index contributed by atoms with van der Waals surface area (Å²) in [6, 6.07) is 18.6. The number of benzene rings is 3. The lowest BCUT2D eigenvalue weighted by molar-refractivity contribution is -0.136. The number of nitrogens with one attached hydrogen (secondary N) is 3. The number of anilines is 2. The Kier molecular flexibility index (Phi) is 8.28. The minimum absolute atomic E-state index is 0.234. The monoisotopic (exact) mass is 464 g/mol. The van der Waals surface area contributed by atoms with E-state index >= 15 is 0 Å². The molecule has 0 radical (unpaired) electrons. The van der Waals surface area contributed by atoms with E-state index in [-0.39, 0.29) is 6.61 Å². The molecular weight excluding hydrogens is 443 g/mol. The lowest BCUT2D eigenvalue weighted by Crippen LogP contribution is -2.32. The Morgan fingerprint density at radius 1 is 0.912 bits per heavy atom. The smallest absolute Gasteiger partial charge is 0.329 e. The van der Waals surface area contributed by atoms with E-state index < -0.39 is 23.5 Å². The Bertz CT molecular complexity index is 1180. The third-order valence-electron chi connectivity index (χ3n) is 4.32. The second-order valence-electron chi connectivity index (χ2n) is 6.77. The van der Waals surface area contributed by atoms with Gasteiger partial charge >= 0.3 is 11.8 Å². The van der Waals surface area contributed by atoms with Crippen molar-refractivity contribution in [3.8, 4) is 11.5 Å². The molecule has 34 heavy (non-hydrogen) atoms. The van der Waals surface area contributed by atoms with Crippen LogP contribution in [0.4, 0.5) is 15.8 Å². The minimum atomic E-state index is -0.950. The fourth-order valence-corrected chi connectivity index (χ4v) is 2.67. The van der Waals surface area contributed by atoms with E-state index in [0.29, 0.717) is 28.4 Å². The molecule has 0 heterocycles. The second kappa shape index (κ2) is 11.8. The molecule has 3 aromatic rings. The van der Waals surface area contributed by atoms with Crippen LogP contribution >= 0.6 is 0 Å². The topological polar surface area (TPSA) is 118 Å². The molecule has 0 fully saturated rings. The first-order valence-electron chi connectivity index (χ1n) is 10.0. The first-order valence-corrected chi connectivity index (χ1v) is 10.0. The van der Waals surface area contributed by atoms with Crippen LogP contribution in [0.1, 0.15) is 5.56 Å². The van der Waals surface area contributed by atoms with Crippen molar-refractivity contribution in [2.24, 2.45) is 5.10 Å². The fourth-order valence-electron chi connectivity index (χ4n) is 2.67. The van der Waals surface area contributed by atoms with Gasteiger partial charge < -0.3 is 20.1 Å². The van der Waals surface area contributed by atoms with Crippen molar-refractivity contribution in [2.75, 3.05) is 24.4 Å². The molecule has 0 aliphatic heterocycles. The van der Waals surface area contributed by atoms with E-state index in [9.17, 15) is 18.8 Å². The van der Waals surface area contributed by atoms with Gasteiger partial charge in [-0.1, -0.05) is 12.1 Å². The number of hydrogen-bond donors (Lipinski definition) is 3. The van der Waals surface area contributed by atoms with Gasteiger partial charge in [0.25, 0.3) is 5.91 Å². The Hall–Kier alpha value is -4.73. The van der Waals surface area contributed by atoms with Crippen molar-refractivity contribution < 1.29 is 28.2 Å². The highest BCUT2D eigenvalue weighted by Crippen LogP contribution is 2.22. The summed E-state index contributed by atoms with van der Waals surface area (Å²) in [7, 11) is 1.45. The third kappa shape index (κ3) is 7.16. The Balaban J connectivity index is 1.44. The summed E-state index contributed by atoms with van der Waals surface area (Å²) in [5.74, 6) is -1.78. The van der Waals surface area contributed by atoms with Gasteiger partial charge in [-0.15, -0.1) is 0 Å². The fraction of sp³-hybridized carbons (Fsp3) is 0.0833. The molecule has 0 saturated heterocycles. The van der Waals surface area contributed by atoms with E-state index in [1.54, 1.807) is 48.5 Å². The molecule has 0 aromatic heterocycles. The number of hydrazone groups is 1. The number of hydrogen-bond acceptors (Lipinski definition) is 6. The number of para-hydroxylation sites is 2. The number of carbonyl (C=O) groups excluding carboxylic acids is 3. The van der Waals surface area contributed by atoms with Gasteiger partial charge in [-0.05, 0) is 66.2 Å². The first kappa shape index (κ1) is 23.9. The number of methoxy groups -OCH3 is 1. The van der Waals surface area contributed by atoms with Gasteiger partial charge in [-0.25, -0.2) is 9.82 Å². The third-order valence-corrected chi connectivity index (χ3v) is 4.32. The molecule has 3 N–H and O–H groups in total. The van der Waals surface area contributed by atoms with E-state index in [1.807, 2.05) is 0 Å². The molecule has 3 aromatic carbocycles. The largest absolute Gasteiger partial charge is 0.495 e. The molecule has 0 spiro atoms. The average molecular weight is 464 g/mol. The summed E-state index contributed by atoms with van der Waals surface area (Å²) in [6.07, 6.45) is 1.35. The zero-order chi connectivity index (χ0) is 24.3. The van der Waals surface area contributed by atoms with Gasteiger partial charge in [0.15, 0.2) is 6.61 Å². The number of rotatable bonds is 8. The lowest BCUT2D eigenvalue weighted by Gasteiger charge is -2.08. The average Bonchev–Trinajstić information content (AvgIpc) is 2.85. The van der Waals surface area contributed by atoms with Crippen LogP contribution in [0.2, 0.25) is 0 Å². The highest BCUT2D eigenvalue weighted by Gasteiger charge is 2.14.